The number of aromatic nitrogens is 2. The number of carboxylic acids is 1. The Morgan fingerprint density at radius 3 is 3.09 bits per heavy atom. The van der Waals surface area contributed by atoms with Gasteiger partial charge in [0.2, 0.25) is 0 Å². The number of likely N-dealkylation sites (tertiary alicyclic amines) is 1. The first-order valence-electron chi connectivity index (χ1n) is 7.87. The summed E-state index contributed by atoms with van der Waals surface area (Å²) in [5.41, 5.74) is -0.755. The minimum Gasteiger partial charge on any atom is -0.481 e. The molecule has 1 aliphatic heterocycles. The van der Waals surface area contributed by atoms with E-state index >= 15 is 0 Å². The summed E-state index contributed by atoms with van der Waals surface area (Å²) < 4.78 is 6.67. The molecule has 2 atom stereocenters. The van der Waals surface area contributed by atoms with Crippen LogP contribution in [0.5, 0.6) is 0 Å². The van der Waals surface area contributed by atoms with Gasteiger partial charge in [0.05, 0.1) is 18.6 Å². The number of methoxy groups -OCH3 is 1. The molecule has 2 N–H and O–H groups in total. The number of anilines is 1. The molecule has 2 amide bonds. The zero-order chi connectivity index (χ0) is 16.4. The Balaban J connectivity index is 1.61. The van der Waals surface area contributed by atoms with E-state index in [1.54, 1.807) is 29.0 Å². The number of hydrogen-bond acceptors (Lipinski definition) is 4. The van der Waals surface area contributed by atoms with Gasteiger partial charge < -0.3 is 14.7 Å². The van der Waals surface area contributed by atoms with Crippen LogP contribution in [0.25, 0.3) is 0 Å². The highest BCUT2D eigenvalue weighted by Gasteiger charge is 2.55. The van der Waals surface area contributed by atoms with E-state index in [1.165, 1.54) is 0 Å². The topological polar surface area (TPSA) is 96.7 Å². The van der Waals surface area contributed by atoms with Crippen LogP contribution in [0, 0.1) is 11.3 Å². The smallest absolute Gasteiger partial charge is 0.323 e. The fourth-order valence-electron chi connectivity index (χ4n) is 3.72. The number of nitrogens with zero attached hydrogens (tertiary/aromatic N) is 3. The van der Waals surface area contributed by atoms with Crippen molar-refractivity contribution in [1.82, 2.24) is 14.7 Å². The maximum atomic E-state index is 12.4. The van der Waals surface area contributed by atoms with Crippen molar-refractivity contribution >= 4 is 17.8 Å². The zero-order valence-corrected chi connectivity index (χ0v) is 13.2. The molecule has 3 rings (SSSR count). The molecule has 1 saturated heterocycles. The first-order valence-corrected chi connectivity index (χ1v) is 7.87. The van der Waals surface area contributed by atoms with Crippen molar-refractivity contribution in [3.05, 3.63) is 12.3 Å². The third kappa shape index (κ3) is 2.90. The van der Waals surface area contributed by atoms with Crippen molar-refractivity contribution in [3.63, 3.8) is 0 Å². The Morgan fingerprint density at radius 2 is 2.39 bits per heavy atom. The number of ether oxygens (including phenoxy) is 1. The fourth-order valence-corrected chi connectivity index (χ4v) is 3.72. The SMILES string of the molecule is COCCn1ccc(NC(=O)N2C[C@@H]3CCC[C@@]3(C(=O)O)C2)n1. The lowest BCUT2D eigenvalue weighted by Gasteiger charge is -2.23. The molecule has 1 aliphatic carbocycles. The molecule has 2 fully saturated rings. The first-order chi connectivity index (χ1) is 11.0. The van der Waals surface area contributed by atoms with Crippen molar-refractivity contribution in [2.45, 2.75) is 25.8 Å². The van der Waals surface area contributed by atoms with Gasteiger partial charge in [-0.3, -0.25) is 14.8 Å². The molecule has 0 spiro atoms. The molecule has 2 heterocycles. The van der Waals surface area contributed by atoms with Gasteiger partial charge in [0, 0.05) is 32.5 Å². The molecular formula is C15H22N4O4. The van der Waals surface area contributed by atoms with E-state index in [0.717, 1.165) is 12.8 Å². The molecule has 8 heteroatoms. The molecule has 0 aromatic carbocycles. The Kier molecular flexibility index (Phi) is 4.25. The third-order valence-corrected chi connectivity index (χ3v) is 4.98. The van der Waals surface area contributed by atoms with Crippen molar-refractivity contribution in [2.75, 3.05) is 32.1 Å². The standard InChI is InChI=1S/C15H22N4O4/c1-23-8-7-19-6-4-12(17-19)16-14(22)18-9-11-3-2-5-15(11,10-18)13(20)21/h4,6,11H,2-3,5,7-10H2,1H3,(H,20,21)(H,16,17,22)/t11-,15+/m0/s1. The maximum Gasteiger partial charge on any atom is 0.323 e. The van der Waals surface area contributed by atoms with E-state index in [4.69, 9.17) is 4.74 Å². The fraction of sp³-hybridized carbons (Fsp3) is 0.667. The average molecular weight is 322 g/mol. The monoisotopic (exact) mass is 322 g/mol. The molecule has 0 radical (unpaired) electrons. The Labute approximate surface area is 134 Å². The van der Waals surface area contributed by atoms with E-state index in [2.05, 4.69) is 10.4 Å². The zero-order valence-electron chi connectivity index (χ0n) is 13.2. The molecule has 1 saturated carbocycles. The second-order valence-electron chi connectivity index (χ2n) is 6.32. The van der Waals surface area contributed by atoms with Gasteiger partial charge in [-0.1, -0.05) is 6.42 Å². The molecule has 23 heavy (non-hydrogen) atoms. The molecule has 0 unspecified atom stereocenters. The van der Waals surface area contributed by atoms with E-state index in [-0.39, 0.29) is 18.5 Å². The summed E-state index contributed by atoms with van der Waals surface area (Å²) in [5, 5.41) is 16.6. The van der Waals surface area contributed by atoms with Gasteiger partial charge in [0.1, 0.15) is 0 Å². The molecule has 8 nitrogen and oxygen atoms in total. The van der Waals surface area contributed by atoms with Crippen molar-refractivity contribution in [3.8, 4) is 0 Å². The number of aliphatic carboxylic acids is 1. The normalized spacial score (nSPS) is 26.3. The summed E-state index contributed by atoms with van der Waals surface area (Å²) in [6.45, 7) is 1.94. The number of carbonyl (C=O) groups excluding carboxylic acids is 1. The third-order valence-electron chi connectivity index (χ3n) is 4.98. The minimum atomic E-state index is -0.779. The second-order valence-corrected chi connectivity index (χ2v) is 6.32. The Bertz CT molecular complexity index is 602. The Hall–Kier alpha value is -2.09. The molecule has 1 aromatic heterocycles. The van der Waals surface area contributed by atoms with Gasteiger partial charge in [-0.25, -0.2) is 4.79 Å². The lowest BCUT2D eigenvalue weighted by molar-refractivity contribution is -0.149. The Morgan fingerprint density at radius 1 is 1.57 bits per heavy atom. The van der Waals surface area contributed by atoms with Gasteiger partial charge in [0.15, 0.2) is 5.82 Å². The average Bonchev–Trinajstić information content (AvgIpc) is 3.18. The van der Waals surface area contributed by atoms with Crippen LogP contribution in [0.4, 0.5) is 10.6 Å². The summed E-state index contributed by atoms with van der Waals surface area (Å²) in [6.07, 6.45) is 4.23. The predicted octanol–water partition coefficient (Wildman–Crippen LogP) is 1.25. The van der Waals surface area contributed by atoms with Crippen LogP contribution in [0.1, 0.15) is 19.3 Å². The highest BCUT2D eigenvalue weighted by atomic mass is 16.5. The van der Waals surface area contributed by atoms with Crippen LogP contribution < -0.4 is 5.32 Å². The molecule has 1 aromatic rings. The number of urea groups is 1. The van der Waals surface area contributed by atoms with Crippen molar-refractivity contribution < 1.29 is 19.4 Å². The highest BCUT2D eigenvalue weighted by Crippen LogP contribution is 2.48. The van der Waals surface area contributed by atoms with Crippen molar-refractivity contribution in [1.29, 1.82) is 0 Å². The number of nitrogens with one attached hydrogen (secondary N) is 1. The van der Waals surface area contributed by atoms with E-state index in [0.29, 0.717) is 31.9 Å². The number of amides is 2. The number of hydrogen-bond donors (Lipinski definition) is 2. The number of rotatable bonds is 5. The minimum absolute atomic E-state index is 0.0602. The summed E-state index contributed by atoms with van der Waals surface area (Å²) in [6, 6.07) is 1.44. The lowest BCUT2D eigenvalue weighted by Crippen LogP contribution is -2.38. The lowest BCUT2D eigenvalue weighted by atomic mass is 9.81. The largest absolute Gasteiger partial charge is 0.481 e. The van der Waals surface area contributed by atoms with Crippen LogP contribution in [-0.2, 0) is 16.1 Å². The van der Waals surface area contributed by atoms with Gasteiger partial charge in [-0.05, 0) is 18.8 Å². The molecule has 0 bridgehead atoms. The summed E-state index contributed by atoms with van der Waals surface area (Å²) in [5.74, 6) is -0.253. The van der Waals surface area contributed by atoms with Gasteiger partial charge in [-0.15, -0.1) is 0 Å². The number of carbonyl (C=O) groups is 2. The second kappa shape index (κ2) is 6.19. The van der Waals surface area contributed by atoms with Gasteiger partial charge in [-0.2, -0.15) is 5.10 Å². The van der Waals surface area contributed by atoms with Crippen LogP contribution >= 0.6 is 0 Å². The molecular weight excluding hydrogens is 300 g/mol. The van der Waals surface area contributed by atoms with E-state index in [1.807, 2.05) is 0 Å². The summed E-state index contributed by atoms with van der Waals surface area (Å²) in [7, 11) is 1.62. The van der Waals surface area contributed by atoms with Crippen LogP contribution in [0.2, 0.25) is 0 Å². The van der Waals surface area contributed by atoms with Gasteiger partial charge >= 0.3 is 12.0 Å². The number of fused-ring (bicyclic) bond motifs is 1. The quantitative estimate of drug-likeness (QED) is 0.850. The summed E-state index contributed by atoms with van der Waals surface area (Å²) in [4.78, 5) is 25.6. The predicted molar refractivity (Wildman–Crippen MR) is 82.1 cm³/mol. The van der Waals surface area contributed by atoms with E-state index in [9.17, 15) is 14.7 Å². The molecule has 126 valence electrons. The number of carboxylic acid groups (broad SMARTS) is 1. The highest BCUT2D eigenvalue weighted by molar-refractivity contribution is 5.89. The van der Waals surface area contributed by atoms with Crippen LogP contribution in [0.3, 0.4) is 0 Å². The first kappa shape index (κ1) is 15.8. The molecule has 2 aliphatic rings. The van der Waals surface area contributed by atoms with Gasteiger partial charge in [0.25, 0.3) is 0 Å². The van der Waals surface area contributed by atoms with Crippen LogP contribution in [0.15, 0.2) is 12.3 Å². The van der Waals surface area contributed by atoms with Crippen molar-refractivity contribution in [2.24, 2.45) is 11.3 Å². The maximum absolute atomic E-state index is 12.4. The summed E-state index contributed by atoms with van der Waals surface area (Å²) >= 11 is 0. The van der Waals surface area contributed by atoms with Crippen LogP contribution in [-0.4, -0.2) is 58.6 Å². The van der Waals surface area contributed by atoms with E-state index < -0.39 is 11.4 Å².